The van der Waals surface area contributed by atoms with E-state index in [-0.39, 0.29) is 0 Å². The molecule has 0 saturated heterocycles. The molecule has 1 aromatic carbocycles. The fraction of sp³-hybridized carbons (Fsp3) is 0.571. The van der Waals surface area contributed by atoms with Crippen LogP contribution in [0.5, 0.6) is 0 Å². The molecule has 0 radical (unpaired) electrons. The number of hydrogen-bond donors (Lipinski definition) is 1. The maximum Gasteiger partial charge on any atom is 0.00105 e. The molecule has 0 aliphatic rings. The molecule has 0 aromatic heterocycles. The summed E-state index contributed by atoms with van der Waals surface area (Å²) in [5.41, 5.74) is 11.4. The first-order valence-electron chi connectivity index (χ1n) is 5.83. The lowest BCUT2D eigenvalue weighted by Gasteiger charge is -2.10. The van der Waals surface area contributed by atoms with Gasteiger partial charge in [0.05, 0.1) is 0 Å². The van der Waals surface area contributed by atoms with Crippen molar-refractivity contribution in [3.05, 3.63) is 34.4 Å². The minimum absolute atomic E-state index is 0.330. The van der Waals surface area contributed by atoms with E-state index in [1.54, 1.807) is 0 Å². The van der Waals surface area contributed by atoms with Gasteiger partial charge in [-0.2, -0.15) is 0 Å². The van der Waals surface area contributed by atoms with Crippen LogP contribution in [0.2, 0.25) is 0 Å². The molecule has 1 aromatic rings. The SMILES string of the molecule is Cc1cc(C)c(CCCC(C)N)cc1C. The lowest BCUT2D eigenvalue weighted by Crippen LogP contribution is -2.14. The molecule has 84 valence electrons. The van der Waals surface area contributed by atoms with Gasteiger partial charge in [-0.1, -0.05) is 12.1 Å². The minimum atomic E-state index is 0.330. The molecule has 0 heterocycles. The smallest absolute Gasteiger partial charge is 0.00105 e. The summed E-state index contributed by atoms with van der Waals surface area (Å²) >= 11 is 0. The van der Waals surface area contributed by atoms with Gasteiger partial charge in [-0.05, 0) is 69.2 Å². The van der Waals surface area contributed by atoms with Crippen molar-refractivity contribution in [1.29, 1.82) is 0 Å². The monoisotopic (exact) mass is 205 g/mol. The summed E-state index contributed by atoms with van der Waals surface area (Å²) in [4.78, 5) is 0. The van der Waals surface area contributed by atoms with E-state index in [0.29, 0.717) is 6.04 Å². The Labute approximate surface area is 93.7 Å². The van der Waals surface area contributed by atoms with Crippen molar-refractivity contribution >= 4 is 0 Å². The van der Waals surface area contributed by atoms with Crippen molar-refractivity contribution < 1.29 is 0 Å². The average Bonchev–Trinajstić information content (AvgIpc) is 2.13. The lowest BCUT2D eigenvalue weighted by molar-refractivity contribution is 0.623. The van der Waals surface area contributed by atoms with E-state index >= 15 is 0 Å². The summed E-state index contributed by atoms with van der Waals surface area (Å²) < 4.78 is 0. The largest absolute Gasteiger partial charge is 0.328 e. The number of aryl methyl sites for hydroxylation is 4. The lowest BCUT2D eigenvalue weighted by atomic mass is 9.96. The van der Waals surface area contributed by atoms with Crippen LogP contribution in [0.1, 0.15) is 42.0 Å². The zero-order valence-electron chi connectivity index (χ0n) is 10.4. The van der Waals surface area contributed by atoms with Crippen LogP contribution in [0.25, 0.3) is 0 Å². The normalized spacial score (nSPS) is 12.9. The van der Waals surface area contributed by atoms with E-state index in [0.717, 1.165) is 12.8 Å². The van der Waals surface area contributed by atoms with Gasteiger partial charge in [0.2, 0.25) is 0 Å². The van der Waals surface area contributed by atoms with E-state index in [2.05, 4.69) is 39.8 Å². The summed E-state index contributed by atoms with van der Waals surface area (Å²) in [5.74, 6) is 0. The van der Waals surface area contributed by atoms with Gasteiger partial charge in [0.25, 0.3) is 0 Å². The Bertz CT molecular complexity index is 326. The molecule has 1 rings (SSSR count). The van der Waals surface area contributed by atoms with Crippen molar-refractivity contribution in [2.24, 2.45) is 5.73 Å². The third kappa shape index (κ3) is 3.67. The molecule has 0 fully saturated rings. The molecule has 0 saturated carbocycles. The van der Waals surface area contributed by atoms with Crippen LogP contribution in [0.4, 0.5) is 0 Å². The topological polar surface area (TPSA) is 26.0 Å². The molecular weight excluding hydrogens is 182 g/mol. The molecule has 0 amide bonds. The first-order chi connectivity index (χ1) is 7.00. The molecule has 2 N–H and O–H groups in total. The minimum Gasteiger partial charge on any atom is -0.328 e. The van der Waals surface area contributed by atoms with Crippen LogP contribution in [0.3, 0.4) is 0 Å². The predicted octanol–water partition coefficient (Wildman–Crippen LogP) is 3.28. The predicted molar refractivity (Wildman–Crippen MR) is 67.2 cm³/mol. The van der Waals surface area contributed by atoms with Crippen molar-refractivity contribution in [3.8, 4) is 0 Å². The van der Waals surface area contributed by atoms with Gasteiger partial charge in [0, 0.05) is 6.04 Å². The van der Waals surface area contributed by atoms with Crippen molar-refractivity contribution in [3.63, 3.8) is 0 Å². The first-order valence-corrected chi connectivity index (χ1v) is 5.83. The fourth-order valence-corrected chi connectivity index (χ4v) is 1.90. The molecule has 1 unspecified atom stereocenters. The van der Waals surface area contributed by atoms with Gasteiger partial charge < -0.3 is 5.73 Å². The van der Waals surface area contributed by atoms with E-state index in [4.69, 9.17) is 5.73 Å². The van der Waals surface area contributed by atoms with E-state index in [1.807, 2.05) is 0 Å². The number of nitrogens with two attached hydrogens (primary N) is 1. The van der Waals surface area contributed by atoms with Gasteiger partial charge in [-0.3, -0.25) is 0 Å². The first kappa shape index (κ1) is 12.3. The number of hydrogen-bond acceptors (Lipinski definition) is 1. The highest BCUT2D eigenvalue weighted by molar-refractivity contribution is 5.36. The molecule has 0 aliphatic heterocycles. The highest BCUT2D eigenvalue weighted by atomic mass is 14.6. The van der Waals surface area contributed by atoms with Crippen LogP contribution in [-0.4, -0.2) is 6.04 Å². The van der Waals surface area contributed by atoms with Crippen LogP contribution in [0, 0.1) is 20.8 Å². The van der Waals surface area contributed by atoms with Crippen LogP contribution in [-0.2, 0) is 6.42 Å². The van der Waals surface area contributed by atoms with Crippen LogP contribution < -0.4 is 5.73 Å². The highest BCUT2D eigenvalue weighted by Gasteiger charge is 2.02. The van der Waals surface area contributed by atoms with Gasteiger partial charge in [0.15, 0.2) is 0 Å². The van der Waals surface area contributed by atoms with Crippen molar-refractivity contribution in [1.82, 2.24) is 0 Å². The molecule has 0 bridgehead atoms. The maximum atomic E-state index is 5.75. The fourth-order valence-electron chi connectivity index (χ4n) is 1.90. The second-order valence-corrected chi connectivity index (χ2v) is 4.73. The van der Waals surface area contributed by atoms with Crippen molar-refractivity contribution in [2.45, 2.75) is 53.0 Å². The Morgan fingerprint density at radius 3 is 2.27 bits per heavy atom. The second kappa shape index (κ2) is 5.32. The Balaban J connectivity index is 2.65. The molecule has 1 nitrogen and oxygen atoms in total. The van der Waals surface area contributed by atoms with Gasteiger partial charge >= 0.3 is 0 Å². The average molecular weight is 205 g/mol. The van der Waals surface area contributed by atoms with E-state index < -0.39 is 0 Å². The van der Waals surface area contributed by atoms with Gasteiger partial charge in [0.1, 0.15) is 0 Å². The molecular formula is C14H23N. The molecule has 1 heteroatoms. The molecule has 15 heavy (non-hydrogen) atoms. The van der Waals surface area contributed by atoms with E-state index in [9.17, 15) is 0 Å². The zero-order chi connectivity index (χ0) is 11.4. The third-order valence-corrected chi connectivity index (χ3v) is 3.06. The summed E-state index contributed by atoms with van der Waals surface area (Å²) in [5, 5.41) is 0. The molecule has 1 atom stereocenters. The Hall–Kier alpha value is -0.820. The standard InChI is InChI=1S/C14H23N/c1-10-8-12(3)14(9-11(10)2)7-5-6-13(4)15/h8-9,13H,5-7,15H2,1-4H3. The number of rotatable bonds is 4. The van der Waals surface area contributed by atoms with E-state index in [1.165, 1.54) is 28.7 Å². The maximum absolute atomic E-state index is 5.75. The highest BCUT2D eigenvalue weighted by Crippen LogP contribution is 2.17. The Kier molecular flexibility index (Phi) is 4.34. The zero-order valence-corrected chi connectivity index (χ0v) is 10.4. The Morgan fingerprint density at radius 1 is 1.07 bits per heavy atom. The quantitative estimate of drug-likeness (QED) is 0.802. The van der Waals surface area contributed by atoms with Crippen molar-refractivity contribution in [2.75, 3.05) is 0 Å². The summed E-state index contributed by atoms with van der Waals surface area (Å²) in [7, 11) is 0. The second-order valence-electron chi connectivity index (χ2n) is 4.73. The Morgan fingerprint density at radius 2 is 1.67 bits per heavy atom. The third-order valence-electron chi connectivity index (χ3n) is 3.06. The summed E-state index contributed by atoms with van der Waals surface area (Å²) in [6, 6.07) is 4.94. The van der Waals surface area contributed by atoms with Crippen LogP contribution >= 0.6 is 0 Å². The summed E-state index contributed by atoms with van der Waals surface area (Å²) in [6.07, 6.45) is 3.47. The molecule has 0 spiro atoms. The molecule has 0 aliphatic carbocycles. The van der Waals surface area contributed by atoms with Gasteiger partial charge in [-0.15, -0.1) is 0 Å². The number of benzene rings is 1. The van der Waals surface area contributed by atoms with Crippen LogP contribution in [0.15, 0.2) is 12.1 Å². The van der Waals surface area contributed by atoms with Gasteiger partial charge in [-0.25, -0.2) is 0 Å². The summed E-state index contributed by atoms with van der Waals surface area (Å²) in [6.45, 7) is 8.64.